The quantitative estimate of drug-likeness (QED) is 0.313. The Balaban J connectivity index is 1.69. The van der Waals surface area contributed by atoms with E-state index in [2.05, 4.69) is 30.7 Å². The number of fused-ring (bicyclic) bond motifs is 1. The first-order valence-corrected chi connectivity index (χ1v) is 11.4. The molecule has 12 nitrogen and oxygen atoms in total. The molecule has 4 aromatic heterocycles. The highest BCUT2D eigenvalue weighted by molar-refractivity contribution is 5.93. The predicted molar refractivity (Wildman–Crippen MR) is 135 cm³/mol. The largest absolute Gasteiger partial charge is 0.462 e. The molecule has 188 valence electrons. The summed E-state index contributed by atoms with van der Waals surface area (Å²) in [4.78, 5) is 38.2. The van der Waals surface area contributed by atoms with E-state index in [0.717, 1.165) is 0 Å². The Morgan fingerprint density at radius 3 is 2.72 bits per heavy atom. The van der Waals surface area contributed by atoms with Crippen LogP contribution < -0.4 is 16.2 Å². The van der Waals surface area contributed by atoms with Crippen molar-refractivity contribution in [2.75, 3.05) is 23.8 Å². The van der Waals surface area contributed by atoms with Crippen molar-refractivity contribution in [1.82, 2.24) is 29.3 Å². The van der Waals surface area contributed by atoms with Gasteiger partial charge in [-0.15, -0.1) is 0 Å². The molecule has 0 radical (unpaired) electrons. The van der Waals surface area contributed by atoms with Gasteiger partial charge in [-0.1, -0.05) is 0 Å². The summed E-state index contributed by atoms with van der Waals surface area (Å²) in [6.45, 7) is 7.97. The van der Waals surface area contributed by atoms with Crippen molar-refractivity contribution < 1.29 is 14.6 Å². The van der Waals surface area contributed by atoms with E-state index in [0.29, 0.717) is 39.6 Å². The Morgan fingerprint density at radius 1 is 1.19 bits per heavy atom. The van der Waals surface area contributed by atoms with Crippen LogP contribution in [0.25, 0.3) is 16.6 Å². The fourth-order valence-corrected chi connectivity index (χ4v) is 3.54. The SMILES string of the molecule is CCOC(=O)c1cnn(-c2cc(Nc3cc4ccn(CCO)c(=O)c4c(NC(C)(C)C)n3)ncn2)c1. The van der Waals surface area contributed by atoms with E-state index < -0.39 is 5.97 Å². The molecule has 0 saturated heterocycles. The number of aliphatic hydroxyl groups excluding tert-OH is 1. The maximum atomic E-state index is 13.1. The zero-order chi connectivity index (χ0) is 25.9. The summed E-state index contributed by atoms with van der Waals surface area (Å²) in [5, 5.41) is 21.0. The number of aliphatic hydroxyl groups is 1. The Morgan fingerprint density at radius 2 is 2.00 bits per heavy atom. The van der Waals surface area contributed by atoms with Crippen LogP contribution in [-0.4, -0.2) is 59.1 Å². The second-order valence-corrected chi connectivity index (χ2v) is 9.01. The summed E-state index contributed by atoms with van der Waals surface area (Å²) in [6.07, 6.45) is 5.95. The van der Waals surface area contributed by atoms with Gasteiger partial charge in [-0.25, -0.2) is 24.4 Å². The maximum absolute atomic E-state index is 13.1. The highest BCUT2D eigenvalue weighted by Crippen LogP contribution is 2.26. The lowest BCUT2D eigenvalue weighted by atomic mass is 10.1. The molecule has 4 heterocycles. The smallest absolute Gasteiger partial charge is 0.341 e. The van der Waals surface area contributed by atoms with E-state index in [1.165, 1.54) is 28.0 Å². The highest BCUT2D eigenvalue weighted by Gasteiger charge is 2.18. The third-order valence-electron chi connectivity index (χ3n) is 5.03. The zero-order valence-electron chi connectivity index (χ0n) is 20.5. The van der Waals surface area contributed by atoms with Gasteiger partial charge in [0.25, 0.3) is 5.56 Å². The van der Waals surface area contributed by atoms with Crippen LogP contribution in [-0.2, 0) is 11.3 Å². The van der Waals surface area contributed by atoms with Crippen molar-refractivity contribution >= 4 is 34.2 Å². The number of rotatable bonds is 8. The summed E-state index contributed by atoms with van der Waals surface area (Å²) < 4.78 is 7.90. The molecule has 3 N–H and O–H groups in total. The van der Waals surface area contributed by atoms with Crippen molar-refractivity contribution in [3.8, 4) is 5.82 Å². The molecule has 0 aliphatic rings. The fourth-order valence-electron chi connectivity index (χ4n) is 3.54. The molecule has 4 aromatic rings. The van der Waals surface area contributed by atoms with Gasteiger partial charge >= 0.3 is 5.97 Å². The van der Waals surface area contributed by atoms with Crippen molar-refractivity contribution in [1.29, 1.82) is 0 Å². The molecular formula is C24H28N8O4. The zero-order valence-corrected chi connectivity index (χ0v) is 20.5. The second-order valence-electron chi connectivity index (χ2n) is 9.01. The predicted octanol–water partition coefficient (Wildman–Crippen LogP) is 2.50. The van der Waals surface area contributed by atoms with E-state index in [1.807, 2.05) is 20.8 Å². The number of aromatic nitrogens is 6. The summed E-state index contributed by atoms with van der Waals surface area (Å²) in [6, 6.07) is 5.21. The second kappa shape index (κ2) is 10.1. The van der Waals surface area contributed by atoms with Gasteiger partial charge in [0.2, 0.25) is 0 Å². The highest BCUT2D eigenvalue weighted by atomic mass is 16.5. The molecule has 0 saturated carbocycles. The number of pyridine rings is 2. The minimum absolute atomic E-state index is 0.145. The first kappa shape index (κ1) is 24.8. The summed E-state index contributed by atoms with van der Waals surface area (Å²) in [5.74, 6) is 1.29. The number of anilines is 3. The monoisotopic (exact) mass is 492 g/mol. The van der Waals surface area contributed by atoms with Gasteiger partial charge in [-0.05, 0) is 45.2 Å². The van der Waals surface area contributed by atoms with Crippen molar-refractivity contribution in [3.05, 3.63) is 59.0 Å². The van der Waals surface area contributed by atoms with Crippen LogP contribution in [0.1, 0.15) is 38.1 Å². The van der Waals surface area contributed by atoms with Crippen molar-refractivity contribution in [2.24, 2.45) is 0 Å². The molecule has 12 heteroatoms. The molecule has 0 bridgehead atoms. The first-order chi connectivity index (χ1) is 17.2. The lowest BCUT2D eigenvalue weighted by molar-refractivity contribution is 0.0526. The van der Waals surface area contributed by atoms with Crippen LogP contribution in [0.5, 0.6) is 0 Å². The minimum atomic E-state index is -0.464. The van der Waals surface area contributed by atoms with Gasteiger partial charge in [-0.2, -0.15) is 5.10 Å². The molecule has 0 aliphatic carbocycles. The maximum Gasteiger partial charge on any atom is 0.341 e. The lowest BCUT2D eigenvalue weighted by Crippen LogP contribution is -2.29. The Labute approximate surface area is 207 Å². The van der Waals surface area contributed by atoms with Crippen LogP contribution in [0.15, 0.2) is 47.9 Å². The van der Waals surface area contributed by atoms with E-state index >= 15 is 0 Å². The molecular weight excluding hydrogens is 464 g/mol. The van der Waals surface area contributed by atoms with Crippen molar-refractivity contribution in [3.63, 3.8) is 0 Å². The van der Waals surface area contributed by atoms with E-state index in [-0.39, 0.29) is 30.9 Å². The summed E-state index contributed by atoms with van der Waals surface area (Å²) in [7, 11) is 0. The number of nitrogens with zero attached hydrogens (tertiary/aromatic N) is 6. The Bertz CT molecular complexity index is 1450. The Kier molecular flexibility index (Phi) is 6.97. The standard InChI is InChI=1S/C24H28N8O4/c1-5-36-23(35)16-12-27-32(13-16)19-11-17(25-14-26-19)28-18-10-15-6-7-31(8-9-33)22(34)20(15)21(29-18)30-24(2,3)4/h6-7,10-14,33H,5,8-9H2,1-4H3,(H2,25,26,28,29,30). The normalized spacial score (nSPS) is 11.5. The Hall–Kier alpha value is -4.32. The average Bonchev–Trinajstić information content (AvgIpc) is 3.31. The molecule has 0 unspecified atom stereocenters. The molecule has 4 rings (SSSR count). The first-order valence-electron chi connectivity index (χ1n) is 11.4. The van der Waals surface area contributed by atoms with Gasteiger partial charge in [0.15, 0.2) is 5.82 Å². The van der Waals surface area contributed by atoms with Gasteiger partial charge < -0.3 is 25.0 Å². The van der Waals surface area contributed by atoms with Crippen molar-refractivity contribution in [2.45, 2.75) is 39.8 Å². The fraction of sp³-hybridized carbons (Fsp3) is 0.333. The number of esters is 1. The number of hydrogen-bond donors (Lipinski definition) is 3. The third kappa shape index (κ3) is 5.49. The molecule has 36 heavy (non-hydrogen) atoms. The lowest BCUT2D eigenvalue weighted by Gasteiger charge is -2.23. The van der Waals surface area contributed by atoms with E-state index in [4.69, 9.17) is 4.74 Å². The van der Waals surface area contributed by atoms with Gasteiger partial charge in [-0.3, -0.25) is 4.79 Å². The molecule has 0 aromatic carbocycles. The van der Waals surface area contributed by atoms with Gasteiger partial charge in [0, 0.05) is 30.5 Å². The van der Waals surface area contributed by atoms with Gasteiger partial charge in [0.1, 0.15) is 23.8 Å². The summed E-state index contributed by atoms with van der Waals surface area (Å²) in [5.41, 5.74) is -0.291. The molecule has 0 fully saturated rings. The average molecular weight is 493 g/mol. The third-order valence-corrected chi connectivity index (χ3v) is 5.03. The van der Waals surface area contributed by atoms with Gasteiger partial charge in [0.05, 0.1) is 30.4 Å². The number of carbonyl (C=O) groups is 1. The minimum Gasteiger partial charge on any atom is -0.462 e. The number of hydrogen-bond acceptors (Lipinski definition) is 10. The van der Waals surface area contributed by atoms with Crippen LogP contribution in [0.3, 0.4) is 0 Å². The summed E-state index contributed by atoms with van der Waals surface area (Å²) >= 11 is 0. The molecule has 0 aliphatic heterocycles. The van der Waals surface area contributed by atoms with Crippen LogP contribution in [0.4, 0.5) is 17.5 Å². The number of nitrogens with one attached hydrogen (secondary N) is 2. The molecule has 0 amide bonds. The van der Waals surface area contributed by atoms with E-state index in [9.17, 15) is 14.7 Å². The molecule has 0 atom stereocenters. The van der Waals surface area contributed by atoms with E-state index in [1.54, 1.807) is 31.3 Å². The van der Waals surface area contributed by atoms with Crippen LogP contribution in [0, 0.1) is 0 Å². The molecule has 0 spiro atoms. The number of ether oxygens (including phenoxy) is 1. The number of carbonyl (C=O) groups excluding carboxylic acids is 1. The topological polar surface area (TPSA) is 149 Å². The van der Waals surface area contributed by atoms with Crippen LogP contribution >= 0.6 is 0 Å². The van der Waals surface area contributed by atoms with Crippen LogP contribution in [0.2, 0.25) is 0 Å².